The van der Waals surface area contributed by atoms with Crippen LogP contribution in [-0.2, 0) is 11.2 Å². The Morgan fingerprint density at radius 1 is 1.25 bits per heavy atom. The quantitative estimate of drug-likeness (QED) is 0.632. The molecule has 2 aromatic carbocycles. The Morgan fingerprint density at radius 2 is 1.96 bits per heavy atom. The molecule has 1 N–H and O–H groups in total. The monoisotopic (exact) mass is 344 g/mol. The number of hydrogen-bond donors (Lipinski definition) is 1. The van der Waals surface area contributed by atoms with Gasteiger partial charge in [-0.25, -0.2) is 5.43 Å². The van der Waals surface area contributed by atoms with Crippen molar-refractivity contribution in [2.24, 2.45) is 5.10 Å². The van der Waals surface area contributed by atoms with Crippen LogP contribution in [0.25, 0.3) is 0 Å². The molecule has 1 amide bonds. The number of carbonyl (C=O) groups excluding carboxylic acids is 1. The molecular weight excluding hydrogens is 324 g/mol. The number of halogens is 1. The van der Waals surface area contributed by atoms with Crippen LogP contribution in [0.2, 0.25) is 5.02 Å². The molecule has 0 heterocycles. The van der Waals surface area contributed by atoms with Crippen molar-refractivity contribution in [3.8, 4) is 5.75 Å². The maximum atomic E-state index is 12.1. The Balaban J connectivity index is 1.90. The number of aryl methyl sites for hydroxylation is 1. The second-order valence-electron chi connectivity index (χ2n) is 5.66. The second-order valence-corrected chi connectivity index (χ2v) is 6.09. The van der Waals surface area contributed by atoms with Gasteiger partial charge in [0.2, 0.25) is 0 Å². The van der Waals surface area contributed by atoms with E-state index >= 15 is 0 Å². The molecule has 0 aliphatic carbocycles. The molecular formula is C19H21ClN2O2. The van der Waals surface area contributed by atoms with Gasteiger partial charge in [-0.05, 0) is 50.1 Å². The Bertz CT molecular complexity index is 729. The topological polar surface area (TPSA) is 50.7 Å². The SMILES string of the molecule is CC(Cc1ccccc1)=NNC(=O)[C@@H](C)Oc1ccc(Cl)cc1C. The van der Waals surface area contributed by atoms with Crippen molar-refractivity contribution in [1.29, 1.82) is 0 Å². The van der Waals surface area contributed by atoms with Crippen molar-refractivity contribution in [3.63, 3.8) is 0 Å². The first-order chi connectivity index (χ1) is 11.5. The van der Waals surface area contributed by atoms with Gasteiger partial charge in [0.25, 0.3) is 5.91 Å². The molecule has 0 unspecified atom stereocenters. The lowest BCUT2D eigenvalue weighted by molar-refractivity contribution is -0.127. The lowest BCUT2D eigenvalue weighted by atomic mass is 10.1. The number of ether oxygens (including phenoxy) is 1. The largest absolute Gasteiger partial charge is 0.481 e. The Hall–Kier alpha value is -2.33. The highest BCUT2D eigenvalue weighted by Crippen LogP contribution is 2.22. The first-order valence-corrected chi connectivity index (χ1v) is 8.13. The van der Waals surface area contributed by atoms with E-state index in [-0.39, 0.29) is 5.91 Å². The summed E-state index contributed by atoms with van der Waals surface area (Å²) < 4.78 is 5.67. The predicted octanol–water partition coefficient (Wildman–Crippen LogP) is 4.15. The summed E-state index contributed by atoms with van der Waals surface area (Å²) >= 11 is 5.91. The number of hydrogen-bond acceptors (Lipinski definition) is 3. The number of hydrazone groups is 1. The number of amides is 1. The van der Waals surface area contributed by atoms with Gasteiger partial charge in [0.1, 0.15) is 5.75 Å². The summed E-state index contributed by atoms with van der Waals surface area (Å²) in [7, 11) is 0. The summed E-state index contributed by atoms with van der Waals surface area (Å²) in [5, 5.41) is 4.77. The fraction of sp³-hybridized carbons (Fsp3) is 0.263. The van der Waals surface area contributed by atoms with Crippen LogP contribution < -0.4 is 10.2 Å². The molecule has 0 spiro atoms. The van der Waals surface area contributed by atoms with Crippen LogP contribution in [-0.4, -0.2) is 17.7 Å². The minimum absolute atomic E-state index is 0.295. The van der Waals surface area contributed by atoms with E-state index in [2.05, 4.69) is 10.5 Å². The van der Waals surface area contributed by atoms with Gasteiger partial charge in [0.05, 0.1) is 0 Å². The summed E-state index contributed by atoms with van der Waals surface area (Å²) in [5.41, 5.74) is 5.40. The number of rotatable bonds is 6. The molecule has 5 heteroatoms. The van der Waals surface area contributed by atoms with Gasteiger partial charge in [0.15, 0.2) is 6.10 Å². The average molecular weight is 345 g/mol. The van der Waals surface area contributed by atoms with E-state index in [1.54, 1.807) is 25.1 Å². The third kappa shape index (κ3) is 5.39. The molecule has 0 bridgehead atoms. The second kappa shape index (κ2) is 8.50. The highest BCUT2D eigenvalue weighted by atomic mass is 35.5. The molecule has 24 heavy (non-hydrogen) atoms. The zero-order valence-electron chi connectivity index (χ0n) is 14.0. The highest BCUT2D eigenvalue weighted by molar-refractivity contribution is 6.30. The molecule has 2 rings (SSSR count). The van der Waals surface area contributed by atoms with Crippen LogP contribution in [0.5, 0.6) is 5.75 Å². The van der Waals surface area contributed by atoms with Gasteiger partial charge in [-0.2, -0.15) is 5.10 Å². The summed E-state index contributed by atoms with van der Waals surface area (Å²) in [6.45, 7) is 5.45. The zero-order chi connectivity index (χ0) is 17.5. The molecule has 0 saturated carbocycles. The maximum absolute atomic E-state index is 12.1. The van der Waals surface area contributed by atoms with Gasteiger partial charge < -0.3 is 4.74 Å². The predicted molar refractivity (Wildman–Crippen MR) is 97.7 cm³/mol. The van der Waals surface area contributed by atoms with Crippen molar-refractivity contribution in [2.75, 3.05) is 0 Å². The van der Waals surface area contributed by atoms with Crippen LogP contribution in [0.4, 0.5) is 0 Å². The van der Waals surface area contributed by atoms with Crippen molar-refractivity contribution in [3.05, 3.63) is 64.7 Å². The summed E-state index contributed by atoms with van der Waals surface area (Å²) in [5.74, 6) is 0.337. The van der Waals surface area contributed by atoms with E-state index in [1.807, 2.05) is 44.2 Å². The third-order valence-corrected chi connectivity index (χ3v) is 3.70. The number of nitrogens with zero attached hydrogens (tertiary/aromatic N) is 1. The van der Waals surface area contributed by atoms with Crippen molar-refractivity contribution in [1.82, 2.24) is 5.43 Å². The number of benzene rings is 2. The minimum atomic E-state index is -0.654. The molecule has 0 aliphatic rings. The fourth-order valence-corrected chi connectivity index (χ4v) is 2.39. The van der Waals surface area contributed by atoms with Gasteiger partial charge in [-0.1, -0.05) is 41.9 Å². The Labute approximate surface area is 147 Å². The average Bonchev–Trinajstić information content (AvgIpc) is 2.56. The molecule has 126 valence electrons. The van der Waals surface area contributed by atoms with Gasteiger partial charge >= 0.3 is 0 Å². The van der Waals surface area contributed by atoms with E-state index in [4.69, 9.17) is 16.3 Å². The van der Waals surface area contributed by atoms with E-state index in [0.29, 0.717) is 17.2 Å². The molecule has 0 radical (unpaired) electrons. The van der Waals surface area contributed by atoms with E-state index < -0.39 is 6.10 Å². The van der Waals surface area contributed by atoms with Crippen molar-refractivity contribution in [2.45, 2.75) is 33.3 Å². The van der Waals surface area contributed by atoms with E-state index in [0.717, 1.165) is 16.8 Å². The van der Waals surface area contributed by atoms with Gasteiger partial charge in [-0.15, -0.1) is 0 Å². The summed E-state index contributed by atoms with van der Waals surface area (Å²) in [6, 6.07) is 15.3. The molecule has 0 aliphatic heterocycles. The standard InChI is InChI=1S/C19H21ClN2O2/c1-13-11-17(20)9-10-18(13)24-15(3)19(23)22-21-14(2)12-16-7-5-4-6-8-16/h4-11,15H,12H2,1-3H3,(H,22,23)/t15-/m1/s1. The Kier molecular flexibility index (Phi) is 6.38. The van der Waals surface area contributed by atoms with Crippen LogP contribution in [0, 0.1) is 6.92 Å². The van der Waals surface area contributed by atoms with Gasteiger partial charge in [-0.3, -0.25) is 4.79 Å². The van der Waals surface area contributed by atoms with E-state index in [9.17, 15) is 4.79 Å². The lowest BCUT2D eigenvalue weighted by Gasteiger charge is -2.15. The summed E-state index contributed by atoms with van der Waals surface area (Å²) in [4.78, 5) is 12.1. The fourth-order valence-electron chi connectivity index (χ4n) is 2.16. The third-order valence-electron chi connectivity index (χ3n) is 3.47. The Morgan fingerprint density at radius 3 is 2.62 bits per heavy atom. The molecule has 0 fully saturated rings. The van der Waals surface area contributed by atoms with Gasteiger partial charge in [0, 0.05) is 17.2 Å². The normalized spacial score (nSPS) is 12.6. The first kappa shape index (κ1) is 18.0. The molecule has 0 aromatic heterocycles. The summed E-state index contributed by atoms with van der Waals surface area (Å²) in [6.07, 6.45) is 0.0327. The maximum Gasteiger partial charge on any atom is 0.280 e. The molecule has 4 nitrogen and oxygen atoms in total. The minimum Gasteiger partial charge on any atom is -0.481 e. The first-order valence-electron chi connectivity index (χ1n) is 7.75. The molecule has 2 aromatic rings. The van der Waals surface area contributed by atoms with Crippen LogP contribution in [0.3, 0.4) is 0 Å². The number of carbonyl (C=O) groups is 1. The van der Waals surface area contributed by atoms with E-state index in [1.165, 1.54) is 0 Å². The molecule has 0 saturated heterocycles. The number of nitrogens with one attached hydrogen (secondary N) is 1. The van der Waals surface area contributed by atoms with Crippen LogP contribution in [0.1, 0.15) is 25.0 Å². The highest BCUT2D eigenvalue weighted by Gasteiger charge is 2.15. The smallest absolute Gasteiger partial charge is 0.280 e. The van der Waals surface area contributed by atoms with Crippen LogP contribution in [0.15, 0.2) is 53.6 Å². The van der Waals surface area contributed by atoms with Crippen molar-refractivity contribution >= 4 is 23.2 Å². The lowest BCUT2D eigenvalue weighted by Crippen LogP contribution is -2.34. The van der Waals surface area contributed by atoms with Crippen molar-refractivity contribution < 1.29 is 9.53 Å². The zero-order valence-corrected chi connectivity index (χ0v) is 14.8. The molecule has 1 atom stereocenters. The van der Waals surface area contributed by atoms with Crippen LogP contribution >= 0.6 is 11.6 Å².